The Bertz CT molecular complexity index is 592. The summed E-state index contributed by atoms with van der Waals surface area (Å²) in [4.78, 5) is 16.3. The van der Waals surface area contributed by atoms with E-state index >= 15 is 0 Å². The molecule has 20 heavy (non-hydrogen) atoms. The van der Waals surface area contributed by atoms with Gasteiger partial charge in [-0.05, 0) is 32.4 Å². The van der Waals surface area contributed by atoms with Crippen molar-refractivity contribution in [3.8, 4) is 11.5 Å². The van der Waals surface area contributed by atoms with Crippen molar-refractivity contribution in [1.82, 2.24) is 15.5 Å². The number of amides is 1. The van der Waals surface area contributed by atoms with Gasteiger partial charge in [0.05, 0.1) is 11.1 Å². The minimum absolute atomic E-state index is 0.0594. The first kappa shape index (κ1) is 14.2. The Hall–Kier alpha value is -2.21. The van der Waals surface area contributed by atoms with Crippen LogP contribution in [0.25, 0.3) is 11.5 Å². The summed E-state index contributed by atoms with van der Waals surface area (Å²) < 4.78 is 5.12. The third kappa shape index (κ3) is 3.42. The molecule has 0 aliphatic carbocycles. The molecule has 0 fully saturated rings. The van der Waals surface area contributed by atoms with Crippen molar-refractivity contribution in [2.24, 2.45) is 5.73 Å². The first-order valence-corrected chi connectivity index (χ1v) is 6.51. The van der Waals surface area contributed by atoms with Crippen molar-refractivity contribution in [2.75, 3.05) is 6.54 Å². The van der Waals surface area contributed by atoms with Gasteiger partial charge in [0, 0.05) is 12.6 Å². The Balaban J connectivity index is 2.17. The van der Waals surface area contributed by atoms with Crippen LogP contribution in [0.2, 0.25) is 0 Å². The lowest BCUT2D eigenvalue weighted by Crippen LogP contribution is -2.29. The number of carbonyl (C=O) groups is 1. The Morgan fingerprint density at radius 2 is 2.20 bits per heavy atom. The molecular formula is C14H18N4O2. The number of aryl methyl sites for hydroxylation is 1. The zero-order valence-corrected chi connectivity index (χ0v) is 11.6. The monoisotopic (exact) mass is 274 g/mol. The van der Waals surface area contributed by atoms with Gasteiger partial charge in [-0.25, -0.2) is 0 Å². The van der Waals surface area contributed by atoms with E-state index in [0.29, 0.717) is 29.4 Å². The minimum Gasteiger partial charge on any atom is -0.352 e. The average molecular weight is 274 g/mol. The molecule has 0 spiro atoms. The molecule has 106 valence electrons. The van der Waals surface area contributed by atoms with Crippen LogP contribution in [0, 0.1) is 6.92 Å². The molecule has 0 bridgehead atoms. The minimum atomic E-state index is -0.169. The van der Waals surface area contributed by atoms with Crippen LogP contribution in [0.3, 0.4) is 0 Å². The Morgan fingerprint density at radius 1 is 1.45 bits per heavy atom. The van der Waals surface area contributed by atoms with Crippen LogP contribution in [0.1, 0.15) is 29.5 Å². The Kier molecular flexibility index (Phi) is 4.47. The van der Waals surface area contributed by atoms with Crippen molar-refractivity contribution in [3.63, 3.8) is 0 Å². The summed E-state index contributed by atoms with van der Waals surface area (Å²) in [6.45, 7) is 4.17. The lowest BCUT2D eigenvalue weighted by atomic mass is 10.1. The standard InChI is InChI=1S/C14H18N4O2/c1-9(15)7-8-16-13(19)11-5-3-4-6-12(11)14-17-10(2)18-20-14/h3-6,9H,7-8,15H2,1-2H3,(H,16,19). The first-order valence-electron chi connectivity index (χ1n) is 6.51. The number of nitrogens with two attached hydrogens (primary N) is 1. The molecule has 0 saturated heterocycles. The van der Waals surface area contributed by atoms with Gasteiger partial charge in [-0.15, -0.1) is 0 Å². The van der Waals surface area contributed by atoms with E-state index in [1.807, 2.05) is 13.0 Å². The van der Waals surface area contributed by atoms with E-state index in [9.17, 15) is 4.79 Å². The summed E-state index contributed by atoms with van der Waals surface area (Å²) in [6.07, 6.45) is 0.730. The zero-order valence-electron chi connectivity index (χ0n) is 11.6. The summed E-state index contributed by atoms with van der Waals surface area (Å²) >= 11 is 0. The number of rotatable bonds is 5. The predicted molar refractivity (Wildman–Crippen MR) is 75.1 cm³/mol. The maximum atomic E-state index is 12.2. The molecule has 0 saturated carbocycles. The molecule has 3 N–H and O–H groups in total. The van der Waals surface area contributed by atoms with Gasteiger partial charge in [0.2, 0.25) is 0 Å². The quantitative estimate of drug-likeness (QED) is 0.862. The van der Waals surface area contributed by atoms with E-state index in [0.717, 1.165) is 6.42 Å². The molecular weight excluding hydrogens is 256 g/mol. The molecule has 1 amide bonds. The molecule has 1 unspecified atom stereocenters. The van der Waals surface area contributed by atoms with E-state index in [-0.39, 0.29) is 11.9 Å². The average Bonchev–Trinajstić information content (AvgIpc) is 2.85. The fraction of sp³-hybridized carbons (Fsp3) is 0.357. The van der Waals surface area contributed by atoms with E-state index < -0.39 is 0 Å². The van der Waals surface area contributed by atoms with Gasteiger partial charge in [-0.2, -0.15) is 4.98 Å². The highest BCUT2D eigenvalue weighted by Crippen LogP contribution is 2.21. The molecule has 1 aromatic carbocycles. The van der Waals surface area contributed by atoms with Crippen molar-refractivity contribution in [2.45, 2.75) is 26.3 Å². The maximum Gasteiger partial charge on any atom is 0.258 e. The fourth-order valence-corrected chi connectivity index (χ4v) is 1.78. The van der Waals surface area contributed by atoms with Crippen LogP contribution in [-0.2, 0) is 0 Å². The molecule has 0 aliphatic rings. The van der Waals surface area contributed by atoms with Crippen LogP contribution in [-0.4, -0.2) is 28.6 Å². The van der Waals surface area contributed by atoms with E-state index in [2.05, 4.69) is 15.5 Å². The molecule has 2 aromatic rings. The summed E-state index contributed by atoms with van der Waals surface area (Å²) in [5, 5.41) is 6.58. The number of nitrogens with zero attached hydrogens (tertiary/aromatic N) is 2. The van der Waals surface area contributed by atoms with Crippen LogP contribution in [0.4, 0.5) is 0 Å². The summed E-state index contributed by atoms with van der Waals surface area (Å²) in [5.74, 6) is 0.713. The molecule has 6 nitrogen and oxygen atoms in total. The molecule has 1 heterocycles. The zero-order chi connectivity index (χ0) is 14.5. The van der Waals surface area contributed by atoms with Gasteiger partial charge in [-0.1, -0.05) is 17.3 Å². The maximum absolute atomic E-state index is 12.2. The van der Waals surface area contributed by atoms with Crippen molar-refractivity contribution >= 4 is 5.91 Å². The third-order valence-electron chi connectivity index (χ3n) is 2.81. The predicted octanol–water partition coefficient (Wildman–Crippen LogP) is 1.51. The summed E-state index contributed by atoms with van der Waals surface area (Å²) in [5.41, 5.74) is 6.80. The normalized spacial score (nSPS) is 12.2. The van der Waals surface area contributed by atoms with Crippen molar-refractivity contribution in [3.05, 3.63) is 35.7 Å². The second-order valence-corrected chi connectivity index (χ2v) is 4.71. The van der Waals surface area contributed by atoms with Gasteiger partial charge in [-0.3, -0.25) is 4.79 Å². The summed E-state index contributed by atoms with van der Waals surface area (Å²) in [7, 11) is 0. The van der Waals surface area contributed by atoms with E-state index in [1.54, 1.807) is 25.1 Å². The second-order valence-electron chi connectivity index (χ2n) is 4.71. The summed E-state index contributed by atoms with van der Waals surface area (Å²) in [6, 6.07) is 7.20. The van der Waals surface area contributed by atoms with Gasteiger partial charge in [0.15, 0.2) is 5.82 Å². The molecule has 0 aliphatic heterocycles. The van der Waals surface area contributed by atoms with Gasteiger partial charge in [0.1, 0.15) is 0 Å². The van der Waals surface area contributed by atoms with E-state index in [1.165, 1.54) is 0 Å². The van der Waals surface area contributed by atoms with Crippen molar-refractivity contribution < 1.29 is 9.32 Å². The first-order chi connectivity index (χ1) is 9.58. The fourth-order valence-electron chi connectivity index (χ4n) is 1.78. The van der Waals surface area contributed by atoms with Crippen LogP contribution >= 0.6 is 0 Å². The number of carbonyl (C=O) groups excluding carboxylic acids is 1. The molecule has 6 heteroatoms. The number of benzene rings is 1. The highest BCUT2D eigenvalue weighted by Gasteiger charge is 2.16. The van der Waals surface area contributed by atoms with Gasteiger partial charge < -0.3 is 15.6 Å². The Morgan fingerprint density at radius 3 is 2.85 bits per heavy atom. The largest absolute Gasteiger partial charge is 0.352 e. The van der Waals surface area contributed by atoms with Crippen LogP contribution < -0.4 is 11.1 Å². The van der Waals surface area contributed by atoms with Gasteiger partial charge >= 0.3 is 0 Å². The number of hydrogen-bond donors (Lipinski definition) is 2. The highest BCUT2D eigenvalue weighted by atomic mass is 16.5. The Labute approximate surface area is 117 Å². The molecule has 2 rings (SSSR count). The molecule has 1 atom stereocenters. The SMILES string of the molecule is Cc1noc(-c2ccccc2C(=O)NCCC(C)N)n1. The molecule has 0 radical (unpaired) electrons. The lowest BCUT2D eigenvalue weighted by Gasteiger charge is -2.09. The highest BCUT2D eigenvalue weighted by molar-refractivity contribution is 5.99. The third-order valence-corrected chi connectivity index (χ3v) is 2.81. The van der Waals surface area contributed by atoms with Crippen LogP contribution in [0.5, 0.6) is 0 Å². The van der Waals surface area contributed by atoms with E-state index in [4.69, 9.17) is 10.3 Å². The second kappa shape index (κ2) is 6.29. The van der Waals surface area contributed by atoms with Crippen LogP contribution in [0.15, 0.2) is 28.8 Å². The smallest absolute Gasteiger partial charge is 0.258 e. The van der Waals surface area contributed by atoms with Gasteiger partial charge in [0.25, 0.3) is 11.8 Å². The van der Waals surface area contributed by atoms with Crippen molar-refractivity contribution in [1.29, 1.82) is 0 Å². The topological polar surface area (TPSA) is 94.0 Å². The number of hydrogen-bond acceptors (Lipinski definition) is 5. The number of aromatic nitrogens is 2. The number of nitrogens with one attached hydrogen (secondary N) is 1. The lowest BCUT2D eigenvalue weighted by molar-refractivity contribution is 0.0953. The molecule has 1 aromatic heterocycles.